The molecule has 0 amide bonds. The third-order valence-electron chi connectivity index (χ3n) is 1.97. The molecule has 24 heavy (non-hydrogen) atoms. The minimum absolute atomic E-state index is 0. The normalized spacial score (nSPS) is 12.2. The van der Waals surface area contributed by atoms with Crippen LogP contribution in [0.25, 0.3) is 5.43 Å². The molecule has 0 spiro atoms. The SMILES string of the molecule is O=[N+]([O-])[N-]c1nc(C2=NO[N+](=O)C2=C([N+](=O)[O-])[N+](=O)[O-])no1.[K+].[K]. The monoisotopic (exact) mass is 394 g/mol. The van der Waals surface area contributed by atoms with Crippen LogP contribution < -0.4 is 51.4 Å². The van der Waals surface area contributed by atoms with Crippen LogP contribution in [0.2, 0.25) is 0 Å². The van der Waals surface area contributed by atoms with Gasteiger partial charge in [-0.05, 0) is 9.85 Å². The summed E-state index contributed by atoms with van der Waals surface area (Å²) in [5.74, 6) is -2.47. The van der Waals surface area contributed by atoms with E-state index in [1.54, 1.807) is 0 Å². The molecular formula is C5K2N8O9+. The van der Waals surface area contributed by atoms with Crippen LogP contribution in [0.1, 0.15) is 5.82 Å². The quantitative estimate of drug-likeness (QED) is 0.266. The predicted molar refractivity (Wildman–Crippen MR) is 62.3 cm³/mol. The second-order valence-corrected chi connectivity index (χ2v) is 3.20. The summed E-state index contributed by atoms with van der Waals surface area (Å²) < 4.78 is 4.28. The number of hydrogen-bond acceptors (Lipinski definition) is 12. The first-order chi connectivity index (χ1) is 10.3. The largest absolute Gasteiger partial charge is 1.00 e. The topological polar surface area (TPSA) is 224 Å². The van der Waals surface area contributed by atoms with Crippen molar-refractivity contribution in [2.24, 2.45) is 5.16 Å². The zero-order chi connectivity index (χ0) is 16.4. The van der Waals surface area contributed by atoms with Crippen LogP contribution in [0.15, 0.2) is 21.2 Å². The Hall–Kier alpha value is -0.777. The van der Waals surface area contributed by atoms with Gasteiger partial charge in [-0.1, -0.05) is 10.6 Å². The molecule has 1 aliphatic rings. The maximum Gasteiger partial charge on any atom is 1.00 e. The summed E-state index contributed by atoms with van der Waals surface area (Å²) in [5.41, 5.74) is 0.575. The molecule has 0 fully saturated rings. The van der Waals surface area contributed by atoms with Gasteiger partial charge in [0.2, 0.25) is 10.9 Å². The average Bonchev–Trinajstić information content (AvgIpc) is 2.96. The zero-order valence-corrected chi connectivity index (χ0v) is 18.0. The number of aromatic nitrogens is 2. The Balaban J connectivity index is 0.00000264. The van der Waals surface area contributed by atoms with Gasteiger partial charge in [0.15, 0.2) is 11.0 Å². The second kappa shape index (κ2) is 9.64. The number of rotatable bonds is 5. The molecule has 115 valence electrons. The maximum absolute atomic E-state index is 11.3. The first-order valence-electron chi connectivity index (χ1n) is 4.77. The zero-order valence-electron chi connectivity index (χ0n) is 11.8. The van der Waals surface area contributed by atoms with Crippen molar-refractivity contribution in [1.29, 1.82) is 0 Å². The molecule has 0 bridgehead atoms. The van der Waals surface area contributed by atoms with E-state index < -0.39 is 48.9 Å². The molecule has 1 radical (unpaired) electrons. The molecule has 2 heterocycles. The van der Waals surface area contributed by atoms with E-state index in [2.05, 4.69) is 30.2 Å². The summed E-state index contributed by atoms with van der Waals surface area (Å²) in [6.45, 7) is 0. The smallest absolute Gasteiger partial charge is 0.375 e. The van der Waals surface area contributed by atoms with Crippen molar-refractivity contribution >= 4 is 63.1 Å². The molecule has 1 aliphatic heterocycles. The number of nitro groups is 3. The molecule has 1 aromatic rings. The fourth-order valence-corrected chi connectivity index (χ4v) is 1.24. The van der Waals surface area contributed by atoms with E-state index in [9.17, 15) is 35.3 Å². The van der Waals surface area contributed by atoms with Crippen LogP contribution >= 0.6 is 0 Å². The van der Waals surface area contributed by atoms with Gasteiger partial charge >= 0.3 is 68.6 Å². The molecule has 0 unspecified atom stereocenters. The van der Waals surface area contributed by atoms with Gasteiger partial charge in [0.25, 0.3) is 0 Å². The number of hydrogen-bond donors (Lipinski definition) is 0. The molecule has 0 N–H and O–H groups in total. The van der Waals surface area contributed by atoms with Crippen LogP contribution in [-0.4, -0.2) is 87.0 Å². The van der Waals surface area contributed by atoms with E-state index in [1.165, 1.54) is 0 Å². The van der Waals surface area contributed by atoms with E-state index in [1.807, 2.05) is 0 Å². The number of allylic oxidation sites excluding steroid dienone is 1. The van der Waals surface area contributed by atoms with Gasteiger partial charge in [0.1, 0.15) is 9.85 Å². The molecule has 0 aromatic carbocycles. The van der Waals surface area contributed by atoms with E-state index >= 15 is 0 Å². The van der Waals surface area contributed by atoms with Crippen molar-refractivity contribution in [3.8, 4) is 0 Å². The van der Waals surface area contributed by atoms with Gasteiger partial charge in [-0.25, -0.2) is 0 Å². The van der Waals surface area contributed by atoms with Crippen LogP contribution in [0.5, 0.6) is 0 Å². The maximum atomic E-state index is 11.3. The van der Waals surface area contributed by atoms with Crippen molar-refractivity contribution in [3.63, 3.8) is 0 Å². The molecule has 1 aromatic heterocycles. The molecule has 0 saturated heterocycles. The first-order valence-corrected chi connectivity index (χ1v) is 4.77. The second-order valence-electron chi connectivity index (χ2n) is 3.20. The van der Waals surface area contributed by atoms with E-state index in [4.69, 9.17) is 0 Å². The minimum atomic E-state index is -1.76. The molecular weight excluding hydrogens is 394 g/mol. The van der Waals surface area contributed by atoms with Gasteiger partial charge < -0.3 is 9.51 Å². The fourth-order valence-electron chi connectivity index (χ4n) is 1.24. The van der Waals surface area contributed by atoms with E-state index in [0.717, 1.165) is 0 Å². The van der Waals surface area contributed by atoms with Crippen molar-refractivity contribution in [1.82, 2.24) is 10.1 Å². The van der Waals surface area contributed by atoms with Gasteiger partial charge in [-0.15, -0.1) is 0 Å². The summed E-state index contributed by atoms with van der Waals surface area (Å²) in [4.78, 5) is 46.5. The predicted octanol–water partition coefficient (Wildman–Crippen LogP) is -3.96. The van der Waals surface area contributed by atoms with E-state index in [0.29, 0.717) is 0 Å². The molecule has 2 rings (SSSR count). The third kappa shape index (κ3) is 5.11. The van der Waals surface area contributed by atoms with Crippen LogP contribution in [0, 0.1) is 35.3 Å². The van der Waals surface area contributed by atoms with Gasteiger partial charge in [-0.2, -0.15) is 0 Å². The average molecular weight is 394 g/mol. The van der Waals surface area contributed by atoms with E-state index in [-0.39, 0.29) is 103 Å². The van der Waals surface area contributed by atoms with Crippen molar-refractivity contribution < 1.29 is 80.6 Å². The molecule has 0 aliphatic carbocycles. The van der Waals surface area contributed by atoms with Crippen LogP contribution in [0.4, 0.5) is 6.01 Å². The Morgan fingerprint density at radius 2 is 1.75 bits per heavy atom. The summed E-state index contributed by atoms with van der Waals surface area (Å²) in [6.07, 6.45) is 0. The molecule has 17 nitrogen and oxygen atoms in total. The standard InChI is InChI=1S/C5N8O9.2K/c14-10(15)4(11(16)17)2-1(8-22-12(2)18)3-6-5(21-9-3)7-13(19)20;;/q;;+1. The van der Waals surface area contributed by atoms with Gasteiger partial charge in [-0.3, -0.25) is 30.3 Å². The Labute approximate surface area is 213 Å². The number of nitrogens with zero attached hydrogens (tertiary/aromatic N) is 8. The summed E-state index contributed by atoms with van der Waals surface area (Å²) in [5, 5.41) is 36.4. The Bertz CT molecular complexity index is 754. The van der Waals surface area contributed by atoms with Crippen LogP contribution in [0.3, 0.4) is 0 Å². The fraction of sp³-hybridized carbons (Fsp3) is 0. The molecule has 0 saturated carbocycles. The summed E-state index contributed by atoms with van der Waals surface area (Å²) >= 11 is 0. The summed E-state index contributed by atoms with van der Waals surface area (Å²) in [6, 6.07) is -0.879. The van der Waals surface area contributed by atoms with Crippen molar-refractivity contribution in [2.75, 3.05) is 0 Å². The first kappa shape index (κ1) is 23.2. The Kier molecular flexibility index (Phi) is 9.33. The van der Waals surface area contributed by atoms with Crippen molar-refractivity contribution in [2.45, 2.75) is 0 Å². The third-order valence-corrected chi connectivity index (χ3v) is 1.97. The van der Waals surface area contributed by atoms with Gasteiger partial charge in [0.05, 0.1) is 5.03 Å². The van der Waals surface area contributed by atoms with Crippen molar-refractivity contribution in [3.05, 3.63) is 58.0 Å². The van der Waals surface area contributed by atoms with Crippen LogP contribution in [-0.2, 0) is 4.94 Å². The Morgan fingerprint density at radius 1 is 1.17 bits per heavy atom. The molecule has 0 atom stereocenters. The molecule has 19 heteroatoms. The van der Waals surface area contributed by atoms with Gasteiger partial charge in [0, 0.05) is 51.4 Å². The Morgan fingerprint density at radius 3 is 2.25 bits per heavy atom. The summed E-state index contributed by atoms with van der Waals surface area (Å²) in [7, 11) is 0. The minimum Gasteiger partial charge on any atom is -0.375 e. The number of oxime groups is 1.